The first-order valence-electron chi connectivity index (χ1n) is 4.69. The third-order valence-electron chi connectivity index (χ3n) is 2.18. The quantitative estimate of drug-likeness (QED) is 0.576. The molecule has 0 spiro atoms. The van der Waals surface area contributed by atoms with Crippen LogP contribution in [0.2, 0.25) is 19.6 Å². The van der Waals surface area contributed by atoms with E-state index in [1.807, 2.05) is 0 Å². The Morgan fingerprint density at radius 2 is 1.92 bits per heavy atom. The van der Waals surface area contributed by atoms with Crippen LogP contribution in [0.4, 0.5) is 0 Å². The van der Waals surface area contributed by atoms with E-state index in [0.717, 1.165) is 11.8 Å². The highest BCUT2D eigenvalue weighted by atomic mass is 79.9. The average molecular weight is 257 g/mol. The third-order valence-corrected chi connectivity index (χ3v) is 4.62. The molecule has 72 valence electrons. The summed E-state index contributed by atoms with van der Waals surface area (Å²) >= 11 is 3.47. The Balaban J connectivity index is 2.92. The van der Waals surface area contributed by atoms with E-state index in [4.69, 9.17) is 0 Å². The van der Waals surface area contributed by atoms with Gasteiger partial charge in [0.2, 0.25) is 0 Å². The van der Waals surface area contributed by atoms with Gasteiger partial charge in [0, 0.05) is 5.33 Å². The Kier molecular flexibility index (Phi) is 3.74. The minimum Gasteiger partial charge on any atom is -0.0924 e. The maximum atomic E-state index is 3.47. The molecule has 0 amide bonds. The summed E-state index contributed by atoms with van der Waals surface area (Å²) in [6.07, 6.45) is 1.14. The fourth-order valence-electron chi connectivity index (χ4n) is 1.30. The molecule has 0 aliphatic heterocycles. The van der Waals surface area contributed by atoms with Crippen molar-refractivity contribution in [3.8, 4) is 0 Å². The van der Waals surface area contributed by atoms with Gasteiger partial charge >= 0.3 is 0 Å². The molecule has 0 saturated heterocycles. The van der Waals surface area contributed by atoms with E-state index in [1.54, 1.807) is 5.19 Å². The number of hydrogen-bond donors (Lipinski definition) is 0. The minimum atomic E-state index is -1.11. The van der Waals surface area contributed by atoms with Crippen LogP contribution in [0.25, 0.3) is 0 Å². The number of rotatable bonds is 3. The third kappa shape index (κ3) is 3.28. The molecule has 0 unspecified atom stereocenters. The maximum absolute atomic E-state index is 3.47. The highest BCUT2D eigenvalue weighted by Gasteiger charge is 2.15. The summed E-state index contributed by atoms with van der Waals surface area (Å²) in [5.74, 6) is 0. The van der Waals surface area contributed by atoms with Crippen LogP contribution in [0.5, 0.6) is 0 Å². The van der Waals surface area contributed by atoms with Crippen molar-refractivity contribution < 1.29 is 0 Å². The first kappa shape index (κ1) is 11.0. The Morgan fingerprint density at radius 3 is 2.46 bits per heavy atom. The topological polar surface area (TPSA) is 0 Å². The van der Waals surface area contributed by atoms with Crippen LogP contribution in [0.1, 0.15) is 5.56 Å². The summed E-state index contributed by atoms with van der Waals surface area (Å²) in [6, 6.07) is 9.04. The maximum Gasteiger partial charge on any atom is 0.0776 e. The summed E-state index contributed by atoms with van der Waals surface area (Å²) in [6.45, 7) is 7.17. The normalized spacial score (nSPS) is 11.7. The first-order chi connectivity index (χ1) is 6.04. The zero-order chi connectivity index (χ0) is 9.90. The van der Waals surface area contributed by atoms with Gasteiger partial charge in [0.25, 0.3) is 0 Å². The van der Waals surface area contributed by atoms with E-state index in [0.29, 0.717) is 0 Å². The molecular weight excluding hydrogens is 240 g/mol. The molecular formula is C11H17BrSi. The molecule has 0 aliphatic rings. The van der Waals surface area contributed by atoms with Crippen molar-refractivity contribution in [2.75, 3.05) is 5.33 Å². The molecule has 0 fully saturated rings. The zero-order valence-corrected chi connectivity index (χ0v) is 11.2. The molecule has 0 atom stereocenters. The number of aryl methyl sites for hydroxylation is 1. The Morgan fingerprint density at radius 1 is 1.23 bits per heavy atom. The SMILES string of the molecule is C[Si](C)(C)c1cccc(CCBr)c1. The number of hydrogen-bond acceptors (Lipinski definition) is 0. The Bertz CT molecular complexity index is 276. The second kappa shape index (κ2) is 4.42. The van der Waals surface area contributed by atoms with Crippen LogP contribution in [0, 0.1) is 0 Å². The van der Waals surface area contributed by atoms with Crippen molar-refractivity contribution >= 4 is 29.2 Å². The lowest BCUT2D eigenvalue weighted by molar-refractivity contribution is 1.17. The van der Waals surface area contributed by atoms with Crippen molar-refractivity contribution in [1.82, 2.24) is 0 Å². The van der Waals surface area contributed by atoms with Crippen LogP contribution >= 0.6 is 15.9 Å². The lowest BCUT2D eigenvalue weighted by Gasteiger charge is -2.17. The fraction of sp³-hybridized carbons (Fsp3) is 0.455. The van der Waals surface area contributed by atoms with Crippen LogP contribution in [-0.2, 0) is 6.42 Å². The molecule has 0 radical (unpaired) electrons. The van der Waals surface area contributed by atoms with Gasteiger partial charge in [-0.1, -0.05) is 65.0 Å². The Hall–Kier alpha value is -0.0831. The fourth-order valence-corrected chi connectivity index (χ4v) is 2.97. The average Bonchev–Trinajstić information content (AvgIpc) is 2.04. The van der Waals surface area contributed by atoms with E-state index in [2.05, 4.69) is 59.8 Å². The predicted molar refractivity (Wildman–Crippen MR) is 66.9 cm³/mol. The molecule has 1 aromatic carbocycles. The molecule has 0 N–H and O–H groups in total. The number of halogens is 1. The molecule has 0 heterocycles. The highest BCUT2D eigenvalue weighted by molar-refractivity contribution is 9.09. The van der Waals surface area contributed by atoms with Gasteiger partial charge in [-0.25, -0.2) is 0 Å². The van der Waals surface area contributed by atoms with Gasteiger partial charge in [-0.05, 0) is 12.0 Å². The summed E-state index contributed by atoms with van der Waals surface area (Å²) < 4.78 is 0. The van der Waals surface area contributed by atoms with Gasteiger partial charge in [0.15, 0.2) is 0 Å². The van der Waals surface area contributed by atoms with E-state index in [9.17, 15) is 0 Å². The van der Waals surface area contributed by atoms with Gasteiger partial charge in [-0.2, -0.15) is 0 Å². The predicted octanol–water partition coefficient (Wildman–Crippen LogP) is 3.17. The lowest BCUT2D eigenvalue weighted by Crippen LogP contribution is -2.37. The van der Waals surface area contributed by atoms with Gasteiger partial charge in [-0.15, -0.1) is 0 Å². The zero-order valence-electron chi connectivity index (χ0n) is 8.60. The summed E-state index contributed by atoms with van der Waals surface area (Å²) in [5.41, 5.74) is 1.46. The Labute approximate surface area is 90.5 Å². The van der Waals surface area contributed by atoms with Gasteiger partial charge in [0.1, 0.15) is 0 Å². The second-order valence-electron chi connectivity index (χ2n) is 4.39. The van der Waals surface area contributed by atoms with E-state index in [1.165, 1.54) is 5.56 Å². The molecule has 2 heteroatoms. The van der Waals surface area contributed by atoms with Crippen molar-refractivity contribution in [3.05, 3.63) is 29.8 Å². The monoisotopic (exact) mass is 256 g/mol. The largest absolute Gasteiger partial charge is 0.0924 e. The molecule has 0 saturated carbocycles. The minimum absolute atomic E-state index is 1.06. The van der Waals surface area contributed by atoms with Crippen molar-refractivity contribution in [3.63, 3.8) is 0 Å². The highest BCUT2D eigenvalue weighted by Crippen LogP contribution is 2.06. The molecule has 0 aromatic heterocycles. The molecule has 0 bridgehead atoms. The lowest BCUT2D eigenvalue weighted by atomic mass is 10.2. The molecule has 13 heavy (non-hydrogen) atoms. The number of benzene rings is 1. The summed E-state index contributed by atoms with van der Waals surface area (Å²) in [5, 5.41) is 2.62. The van der Waals surface area contributed by atoms with Gasteiger partial charge in [-0.3, -0.25) is 0 Å². The van der Waals surface area contributed by atoms with Crippen molar-refractivity contribution in [2.45, 2.75) is 26.1 Å². The summed E-state index contributed by atoms with van der Waals surface area (Å²) in [4.78, 5) is 0. The molecule has 1 rings (SSSR count). The second-order valence-corrected chi connectivity index (χ2v) is 10.3. The summed E-state index contributed by atoms with van der Waals surface area (Å²) in [7, 11) is -1.11. The van der Waals surface area contributed by atoms with E-state index < -0.39 is 8.07 Å². The van der Waals surface area contributed by atoms with Crippen LogP contribution in [0.15, 0.2) is 24.3 Å². The smallest absolute Gasteiger partial charge is 0.0776 e. The van der Waals surface area contributed by atoms with Crippen LogP contribution in [0.3, 0.4) is 0 Å². The molecule has 0 nitrogen and oxygen atoms in total. The first-order valence-corrected chi connectivity index (χ1v) is 9.31. The molecule has 1 aromatic rings. The standard InChI is InChI=1S/C11H17BrSi/c1-13(2,3)11-6-4-5-10(9-11)7-8-12/h4-6,9H,7-8H2,1-3H3. The van der Waals surface area contributed by atoms with E-state index >= 15 is 0 Å². The van der Waals surface area contributed by atoms with Crippen molar-refractivity contribution in [1.29, 1.82) is 0 Å². The van der Waals surface area contributed by atoms with Crippen LogP contribution in [-0.4, -0.2) is 13.4 Å². The van der Waals surface area contributed by atoms with Crippen LogP contribution < -0.4 is 5.19 Å². The van der Waals surface area contributed by atoms with Gasteiger partial charge in [0.05, 0.1) is 8.07 Å². The van der Waals surface area contributed by atoms with Crippen molar-refractivity contribution in [2.24, 2.45) is 0 Å². The number of alkyl halides is 1. The van der Waals surface area contributed by atoms with E-state index in [-0.39, 0.29) is 0 Å². The van der Waals surface area contributed by atoms with Gasteiger partial charge < -0.3 is 0 Å². The molecule has 0 aliphatic carbocycles.